The third kappa shape index (κ3) is 3.34. The lowest BCUT2D eigenvalue weighted by atomic mass is 10.3. The molecule has 0 amide bonds. The van der Waals surface area contributed by atoms with Gasteiger partial charge >= 0.3 is 0 Å². The molecule has 3 rings (SSSR count). The van der Waals surface area contributed by atoms with Gasteiger partial charge in [-0.15, -0.1) is 0 Å². The highest BCUT2D eigenvalue weighted by molar-refractivity contribution is 7.99. The fourth-order valence-corrected chi connectivity index (χ4v) is 2.51. The summed E-state index contributed by atoms with van der Waals surface area (Å²) < 4.78 is 0. The maximum atomic E-state index is 4.50. The second-order valence-electron chi connectivity index (χ2n) is 4.57. The van der Waals surface area contributed by atoms with Gasteiger partial charge < -0.3 is 5.32 Å². The summed E-state index contributed by atoms with van der Waals surface area (Å²) >= 11 is 1.70. The molecular formula is C15H16N2S. The molecule has 0 aliphatic heterocycles. The predicted octanol–water partition coefficient (Wildman–Crippen LogP) is 3.48. The van der Waals surface area contributed by atoms with E-state index >= 15 is 0 Å². The topological polar surface area (TPSA) is 24.9 Å². The molecule has 2 aromatic rings. The first kappa shape index (κ1) is 11.8. The second kappa shape index (κ2) is 5.55. The van der Waals surface area contributed by atoms with Gasteiger partial charge in [0.15, 0.2) is 0 Å². The summed E-state index contributed by atoms with van der Waals surface area (Å²) in [6, 6.07) is 15.4. The molecule has 0 radical (unpaired) electrons. The molecule has 1 aliphatic carbocycles. The number of hydrogen-bond donors (Lipinski definition) is 1. The van der Waals surface area contributed by atoms with Crippen molar-refractivity contribution in [1.82, 2.24) is 10.3 Å². The first-order valence-corrected chi connectivity index (χ1v) is 7.13. The van der Waals surface area contributed by atoms with Crippen molar-refractivity contribution in [3.8, 4) is 0 Å². The van der Waals surface area contributed by atoms with Gasteiger partial charge in [0.25, 0.3) is 0 Å². The van der Waals surface area contributed by atoms with E-state index in [0.717, 1.165) is 17.6 Å². The van der Waals surface area contributed by atoms with Crippen molar-refractivity contribution in [3.63, 3.8) is 0 Å². The lowest BCUT2D eigenvalue weighted by Crippen LogP contribution is -2.15. The Morgan fingerprint density at radius 1 is 1.11 bits per heavy atom. The molecule has 0 unspecified atom stereocenters. The van der Waals surface area contributed by atoms with E-state index in [-0.39, 0.29) is 0 Å². The normalized spacial score (nSPS) is 14.7. The highest BCUT2D eigenvalue weighted by Crippen LogP contribution is 2.25. The maximum absolute atomic E-state index is 4.50. The molecule has 18 heavy (non-hydrogen) atoms. The first-order chi connectivity index (χ1) is 8.90. The number of nitrogens with zero attached hydrogens (tertiary/aromatic N) is 1. The molecule has 1 aromatic heterocycles. The van der Waals surface area contributed by atoms with Crippen LogP contribution in [0.15, 0.2) is 58.6 Å². The van der Waals surface area contributed by atoms with Crippen LogP contribution < -0.4 is 5.32 Å². The Hall–Kier alpha value is -1.32. The number of benzene rings is 1. The van der Waals surface area contributed by atoms with Crippen molar-refractivity contribution in [2.75, 3.05) is 0 Å². The molecule has 1 aromatic carbocycles. The molecule has 0 bridgehead atoms. The van der Waals surface area contributed by atoms with Gasteiger partial charge in [0.1, 0.15) is 5.03 Å². The number of hydrogen-bond acceptors (Lipinski definition) is 3. The van der Waals surface area contributed by atoms with Crippen LogP contribution in [0.25, 0.3) is 0 Å². The average molecular weight is 256 g/mol. The molecule has 2 nitrogen and oxygen atoms in total. The van der Waals surface area contributed by atoms with Gasteiger partial charge in [0.05, 0.1) is 0 Å². The third-order valence-corrected chi connectivity index (χ3v) is 3.89. The monoisotopic (exact) mass is 256 g/mol. The van der Waals surface area contributed by atoms with E-state index in [4.69, 9.17) is 0 Å². The van der Waals surface area contributed by atoms with Crippen molar-refractivity contribution >= 4 is 11.8 Å². The Kier molecular flexibility index (Phi) is 3.62. The Morgan fingerprint density at radius 2 is 1.94 bits per heavy atom. The predicted molar refractivity (Wildman–Crippen MR) is 74.7 cm³/mol. The van der Waals surface area contributed by atoms with Crippen LogP contribution in [-0.4, -0.2) is 11.0 Å². The highest BCUT2D eigenvalue weighted by atomic mass is 32.2. The van der Waals surface area contributed by atoms with Gasteiger partial charge in [-0.1, -0.05) is 36.0 Å². The summed E-state index contributed by atoms with van der Waals surface area (Å²) in [5.41, 5.74) is 1.26. The van der Waals surface area contributed by atoms with Crippen LogP contribution in [0, 0.1) is 0 Å². The summed E-state index contributed by atoms with van der Waals surface area (Å²) in [5.74, 6) is 0. The van der Waals surface area contributed by atoms with Gasteiger partial charge in [0.2, 0.25) is 0 Å². The van der Waals surface area contributed by atoms with E-state index in [1.165, 1.54) is 23.3 Å². The molecule has 1 aliphatic rings. The fraction of sp³-hybridized carbons (Fsp3) is 0.267. The zero-order chi connectivity index (χ0) is 12.2. The largest absolute Gasteiger partial charge is 0.310 e. The van der Waals surface area contributed by atoms with Crippen LogP contribution in [0.5, 0.6) is 0 Å². The zero-order valence-corrected chi connectivity index (χ0v) is 11.0. The number of rotatable bonds is 5. The minimum absolute atomic E-state index is 0.753. The first-order valence-electron chi connectivity index (χ1n) is 6.31. The van der Waals surface area contributed by atoms with E-state index in [1.54, 1.807) is 11.8 Å². The van der Waals surface area contributed by atoms with Gasteiger partial charge in [-0.05, 0) is 36.6 Å². The summed E-state index contributed by atoms with van der Waals surface area (Å²) in [7, 11) is 0. The summed E-state index contributed by atoms with van der Waals surface area (Å²) in [4.78, 5) is 5.73. The van der Waals surface area contributed by atoms with E-state index in [0.29, 0.717) is 0 Å². The molecule has 0 saturated heterocycles. The Bertz CT molecular complexity index is 492. The van der Waals surface area contributed by atoms with Crippen molar-refractivity contribution in [2.24, 2.45) is 0 Å². The molecule has 1 heterocycles. The zero-order valence-electron chi connectivity index (χ0n) is 10.2. The van der Waals surface area contributed by atoms with Crippen molar-refractivity contribution < 1.29 is 0 Å². The molecule has 1 N–H and O–H groups in total. The smallest absolute Gasteiger partial charge is 0.101 e. The van der Waals surface area contributed by atoms with Crippen LogP contribution in [0.1, 0.15) is 18.4 Å². The SMILES string of the molecule is c1ccc(Sc2ccc(CNC3CC3)cn2)cc1. The quantitative estimate of drug-likeness (QED) is 0.886. The molecule has 0 spiro atoms. The molecule has 1 fully saturated rings. The van der Waals surface area contributed by atoms with Crippen LogP contribution in [0.4, 0.5) is 0 Å². The summed E-state index contributed by atoms with van der Waals surface area (Å²) in [5, 5.41) is 4.55. The maximum Gasteiger partial charge on any atom is 0.101 e. The number of pyridine rings is 1. The summed E-state index contributed by atoms with van der Waals surface area (Å²) in [6.07, 6.45) is 4.63. The molecule has 92 valence electrons. The minimum Gasteiger partial charge on any atom is -0.310 e. The van der Waals surface area contributed by atoms with Crippen LogP contribution >= 0.6 is 11.8 Å². The standard InChI is InChI=1S/C15H16N2S/c1-2-4-14(5-3-1)18-15-9-6-12(11-17-15)10-16-13-7-8-13/h1-6,9,11,13,16H,7-8,10H2. The minimum atomic E-state index is 0.753. The Morgan fingerprint density at radius 3 is 2.61 bits per heavy atom. The van der Waals surface area contributed by atoms with Crippen LogP contribution in [0.2, 0.25) is 0 Å². The number of nitrogens with one attached hydrogen (secondary N) is 1. The van der Waals surface area contributed by atoms with E-state index in [9.17, 15) is 0 Å². The van der Waals surface area contributed by atoms with Crippen LogP contribution in [-0.2, 0) is 6.54 Å². The Balaban J connectivity index is 1.59. The Labute approximate surface area is 112 Å². The molecule has 1 saturated carbocycles. The lowest BCUT2D eigenvalue weighted by Gasteiger charge is -2.04. The van der Waals surface area contributed by atoms with Crippen molar-refractivity contribution in [3.05, 3.63) is 54.2 Å². The second-order valence-corrected chi connectivity index (χ2v) is 5.67. The van der Waals surface area contributed by atoms with Crippen LogP contribution in [0.3, 0.4) is 0 Å². The van der Waals surface area contributed by atoms with Gasteiger partial charge in [-0.25, -0.2) is 4.98 Å². The highest BCUT2D eigenvalue weighted by Gasteiger charge is 2.19. The lowest BCUT2D eigenvalue weighted by molar-refractivity contribution is 0.685. The summed E-state index contributed by atoms with van der Waals surface area (Å²) in [6.45, 7) is 0.938. The third-order valence-electron chi connectivity index (χ3n) is 2.94. The van der Waals surface area contributed by atoms with E-state index in [2.05, 4.69) is 46.7 Å². The fourth-order valence-electron chi connectivity index (χ4n) is 1.73. The van der Waals surface area contributed by atoms with Gasteiger partial charge in [-0.2, -0.15) is 0 Å². The van der Waals surface area contributed by atoms with E-state index < -0.39 is 0 Å². The van der Waals surface area contributed by atoms with Gasteiger partial charge in [-0.3, -0.25) is 0 Å². The van der Waals surface area contributed by atoms with Crippen molar-refractivity contribution in [1.29, 1.82) is 0 Å². The molecule has 3 heteroatoms. The van der Waals surface area contributed by atoms with E-state index in [1.807, 2.05) is 12.3 Å². The average Bonchev–Trinajstić information content (AvgIpc) is 3.23. The molecular weight excluding hydrogens is 240 g/mol. The van der Waals surface area contributed by atoms with Gasteiger partial charge in [0, 0.05) is 23.7 Å². The van der Waals surface area contributed by atoms with Crippen molar-refractivity contribution in [2.45, 2.75) is 35.3 Å². The molecule has 0 atom stereocenters. The number of aromatic nitrogens is 1.